The van der Waals surface area contributed by atoms with Gasteiger partial charge in [0.25, 0.3) is 10.0 Å². The lowest BCUT2D eigenvalue weighted by Gasteiger charge is -2.33. The molecule has 6 nitrogen and oxygen atoms in total. The zero-order valence-corrected chi connectivity index (χ0v) is 17.0. The van der Waals surface area contributed by atoms with Gasteiger partial charge in [-0.1, -0.05) is 36.8 Å². The molecule has 0 aliphatic carbocycles. The standard InChI is InChI=1S/C20H27N3O3S/c1-4-17-18(15-8-6-14(3)7-9-15)27(25,26)22-19(17)23-12-10-16(11-13-23)20(24)21-5-2/h6-9,16H,4-5,10-13H2,1-3H3,(H,21,24). The lowest BCUT2D eigenvalue weighted by Crippen LogP contribution is -2.43. The summed E-state index contributed by atoms with van der Waals surface area (Å²) in [5.41, 5.74) is 2.55. The molecule has 1 aromatic carbocycles. The van der Waals surface area contributed by atoms with E-state index in [9.17, 15) is 13.2 Å². The van der Waals surface area contributed by atoms with Crippen LogP contribution in [-0.2, 0) is 14.8 Å². The first kappa shape index (κ1) is 19.6. The Labute approximate surface area is 161 Å². The quantitative estimate of drug-likeness (QED) is 0.859. The maximum absolute atomic E-state index is 12.8. The van der Waals surface area contributed by atoms with Gasteiger partial charge in [-0.15, -0.1) is 4.40 Å². The molecule has 0 saturated carbocycles. The third-order valence-corrected chi connectivity index (χ3v) is 6.60. The Morgan fingerprint density at radius 2 is 1.81 bits per heavy atom. The van der Waals surface area contributed by atoms with E-state index >= 15 is 0 Å². The number of nitrogens with zero attached hydrogens (tertiary/aromatic N) is 2. The van der Waals surface area contributed by atoms with Crippen LogP contribution in [0.2, 0.25) is 0 Å². The van der Waals surface area contributed by atoms with E-state index < -0.39 is 10.0 Å². The summed E-state index contributed by atoms with van der Waals surface area (Å²) in [6, 6.07) is 7.53. The molecule has 1 N–H and O–H groups in total. The Morgan fingerprint density at radius 3 is 2.37 bits per heavy atom. The Hall–Kier alpha value is -2.15. The minimum atomic E-state index is -3.70. The van der Waals surface area contributed by atoms with E-state index in [2.05, 4.69) is 9.71 Å². The molecule has 146 valence electrons. The average Bonchev–Trinajstić information content (AvgIpc) is 2.93. The van der Waals surface area contributed by atoms with Gasteiger partial charge in [0.2, 0.25) is 5.91 Å². The fourth-order valence-corrected chi connectivity index (χ4v) is 5.26. The molecule has 0 aromatic heterocycles. The lowest BCUT2D eigenvalue weighted by atomic mass is 9.95. The summed E-state index contributed by atoms with van der Waals surface area (Å²) in [6.45, 7) is 7.76. The molecule has 27 heavy (non-hydrogen) atoms. The van der Waals surface area contributed by atoms with E-state index in [1.165, 1.54) is 0 Å². The van der Waals surface area contributed by atoms with E-state index in [0.29, 0.717) is 55.2 Å². The normalized spacial score (nSPS) is 20.0. The summed E-state index contributed by atoms with van der Waals surface area (Å²) >= 11 is 0. The summed E-state index contributed by atoms with van der Waals surface area (Å²) in [5.74, 6) is 0.637. The lowest BCUT2D eigenvalue weighted by molar-refractivity contribution is -0.126. The maximum Gasteiger partial charge on any atom is 0.285 e. The summed E-state index contributed by atoms with van der Waals surface area (Å²) in [4.78, 5) is 14.4. The van der Waals surface area contributed by atoms with Crippen LogP contribution in [0.3, 0.4) is 0 Å². The SMILES string of the molecule is CCNC(=O)C1CCN(C2=NS(=O)(=O)C(c3ccc(C)cc3)=C2CC)CC1. The molecule has 0 bridgehead atoms. The third-order valence-electron chi connectivity index (χ3n) is 5.19. The number of carbonyl (C=O) groups is 1. The number of amidine groups is 1. The molecule has 1 amide bonds. The van der Waals surface area contributed by atoms with Crippen LogP contribution >= 0.6 is 0 Å². The minimum absolute atomic E-state index is 0.00886. The highest BCUT2D eigenvalue weighted by Crippen LogP contribution is 2.36. The molecule has 0 radical (unpaired) electrons. The predicted molar refractivity (Wildman–Crippen MR) is 108 cm³/mol. The van der Waals surface area contributed by atoms with E-state index in [1.807, 2.05) is 49.9 Å². The van der Waals surface area contributed by atoms with E-state index in [-0.39, 0.29) is 11.8 Å². The molecular formula is C20H27N3O3S. The van der Waals surface area contributed by atoms with Crippen molar-refractivity contribution in [2.45, 2.75) is 40.0 Å². The van der Waals surface area contributed by atoms with Crippen LogP contribution in [0, 0.1) is 12.8 Å². The minimum Gasteiger partial charge on any atom is -0.356 e. The van der Waals surface area contributed by atoms with Crippen LogP contribution in [0.25, 0.3) is 4.91 Å². The first-order valence-corrected chi connectivity index (χ1v) is 11.0. The summed E-state index contributed by atoms with van der Waals surface area (Å²) in [5, 5.41) is 2.87. The van der Waals surface area contributed by atoms with Crippen molar-refractivity contribution in [3.63, 3.8) is 0 Å². The van der Waals surface area contributed by atoms with Gasteiger partial charge in [0.15, 0.2) is 0 Å². The van der Waals surface area contributed by atoms with Gasteiger partial charge >= 0.3 is 0 Å². The number of rotatable bonds is 4. The summed E-state index contributed by atoms with van der Waals surface area (Å²) < 4.78 is 29.7. The molecule has 0 unspecified atom stereocenters. The number of piperidine rings is 1. The number of hydrogen-bond donors (Lipinski definition) is 1. The molecular weight excluding hydrogens is 362 g/mol. The number of nitrogens with one attached hydrogen (secondary N) is 1. The molecule has 0 atom stereocenters. The van der Waals surface area contributed by atoms with Crippen LogP contribution in [0.4, 0.5) is 0 Å². The van der Waals surface area contributed by atoms with Crippen molar-refractivity contribution >= 4 is 26.7 Å². The van der Waals surface area contributed by atoms with Crippen LogP contribution in [0.15, 0.2) is 34.2 Å². The van der Waals surface area contributed by atoms with Gasteiger partial charge in [0.1, 0.15) is 10.7 Å². The summed E-state index contributed by atoms with van der Waals surface area (Å²) in [7, 11) is -3.70. The fourth-order valence-electron chi connectivity index (χ4n) is 3.74. The molecule has 2 heterocycles. The van der Waals surface area contributed by atoms with Crippen molar-refractivity contribution in [1.29, 1.82) is 0 Å². The molecule has 3 rings (SSSR count). The molecule has 2 aliphatic rings. The Bertz CT molecular complexity index is 878. The zero-order chi connectivity index (χ0) is 19.6. The van der Waals surface area contributed by atoms with Crippen molar-refractivity contribution in [1.82, 2.24) is 10.2 Å². The van der Waals surface area contributed by atoms with Gasteiger partial charge in [-0.2, -0.15) is 8.42 Å². The van der Waals surface area contributed by atoms with Crippen molar-refractivity contribution in [3.05, 3.63) is 41.0 Å². The molecule has 1 aromatic rings. The van der Waals surface area contributed by atoms with Crippen LogP contribution in [0.1, 0.15) is 44.2 Å². The molecule has 1 fully saturated rings. The van der Waals surface area contributed by atoms with Crippen molar-refractivity contribution in [3.8, 4) is 0 Å². The number of hydrogen-bond acceptors (Lipinski definition) is 4. The van der Waals surface area contributed by atoms with Crippen molar-refractivity contribution in [2.24, 2.45) is 10.3 Å². The molecule has 7 heteroatoms. The number of sulfonamides is 1. The van der Waals surface area contributed by atoms with E-state index in [1.54, 1.807) is 0 Å². The van der Waals surface area contributed by atoms with Crippen molar-refractivity contribution < 1.29 is 13.2 Å². The average molecular weight is 390 g/mol. The second-order valence-electron chi connectivity index (χ2n) is 7.07. The summed E-state index contributed by atoms with van der Waals surface area (Å²) in [6.07, 6.45) is 2.01. The maximum atomic E-state index is 12.8. The first-order chi connectivity index (χ1) is 12.9. The highest BCUT2D eigenvalue weighted by Gasteiger charge is 2.36. The van der Waals surface area contributed by atoms with Gasteiger partial charge in [-0.25, -0.2) is 0 Å². The molecule has 2 aliphatic heterocycles. The Balaban J connectivity index is 1.86. The van der Waals surface area contributed by atoms with Crippen LogP contribution in [-0.4, -0.2) is 44.7 Å². The number of aryl methyl sites for hydroxylation is 1. The monoisotopic (exact) mass is 389 g/mol. The number of likely N-dealkylation sites (tertiary alicyclic amines) is 1. The van der Waals surface area contributed by atoms with Crippen LogP contribution < -0.4 is 5.32 Å². The van der Waals surface area contributed by atoms with Crippen LogP contribution in [0.5, 0.6) is 0 Å². The highest BCUT2D eigenvalue weighted by molar-refractivity contribution is 8.00. The third kappa shape index (κ3) is 3.93. The number of benzene rings is 1. The number of carbonyl (C=O) groups excluding carboxylic acids is 1. The first-order valence-electron chi connectivity index (χ1n) is 9.55. The molecule has 1 saturated heterocycles. The number of amides is 1. The van der Waals surface area contributed by atoms with E-state index in [0.717, 1.165) is 11.1 Å². The van der Waals surface area contributed by atoms with Gasteiger partial charge in [-0.05, 0) is 38.7 Å². The van der Waals surface area contributed by atoms with Gasteiger partial charge in [-0.3, -0.25) is 4.79 Å². The van der Waals surface area contributed by atoms with E-state index in [4.69, 9.17) is 0 Å². The van der Waals surface area contributed by atoms with Gasteiger partial charge in [0.05, 0.1) is 0 Å². The highest BCUT2D eigenvalue weighted by atomic mass is 32.2. The largest absolute Gasteiger partial charge is 0.356 e. The van der Waals surface area contributed by atoms with Gasteiger partial charge < -0.3 is 10.2 Å². The van der Waals surface area contributed by atoms with Gasteiger partial charge in [0, 0.05) is 31.1 Å². The van der Waals surface area contributed by atoms with Crippen molar-refractivity contribution in [2.75, 3.05) is 19.6 Å². The topological polar surface area (TPSA) is 78.8 Å². The smallest absolute Gasteiger partial charge is 0.285 e. The predicted octanol–water partition coefficient (Wildman–Crippen LogP) is 2.71. The zero-order valence-electron chi connectivity index (χ0n) is 16.2. The molecule has 0 spiro atoms. The Kier molecular flexibility index (Phi) is 5.69. The fraction of sp³-hybridized carbons (Fsp3) is 0.500. The second kappa shape index (κ2) is 7.84. The Morgan fingerprint density at radius 1 is 1.19 bits per heavy atom. The second-order valence-corrected chi connectivity index (χ2v) is 8.61.